The summed E-state index contributed by atoms with van der Waals surface area (Å²) in [7, 11) is -0.559. The molecule has 0 aromatic heterocycles. The van der Waals surface area contributed by atoms with Gasteiger partial charge in [-0.3, -0.25) is 9.10 Å². The SMILES string of the molecule is COc1ccc(CNC(=O)[C@H](C)N(c2ccc(C)cc2)S(C)(=O)=O)cc1OC. The summed E-state index contributed by atoms with van der Waals surface area (Å²) in [4.78, 5) is 12.6. The van der Waals surface area contributed by atoms with E-state index in [1.54, 1.807) is 44.4 Å². The molecule has 2 aromatic rings. The number of benzene rings is 2. The van der Waals surface area contributed by atoms with Crippen LogP contribution in [-0.2, 0) is 21.4 Å². The molecule has 152 valence electrons. The Hall–Kier alpha value is -2.74. The summed E-state index contributed by atoms with van der Waals surface area (Å²) >= 11 is 0. The van der Waals surface area contributed by atoms with Crippen LogP contribution in [0, 0.1) is 6.92 Å². The van der Waals surface area contributed by atoms with Gasteiger partial charge in [0.25, 0.3) is 0 Å². The van der Waals surface area contributed by atoms with Gasteiger partial charge < -0.3 is 14.8 Å². The highest BCUT2D eigenvalue weighted by atomic mass is 32.2. The summed E-state index contributed by atoms with van der Waals surface area (Å²) in [6.07, 6.45) is 1.09. The predicted octanol–water partition coefficient (Wildman–Crippen LogP) is 2.48. The van der Waals surface area contributed by atoms with E-state index in [2.05, 4.69) is 5.32 Å². The molecule has 8 heteroatoms. The first-order valence-electron chi connectivity index (χ1n) is 8.72. The summed E-state index contributed by atoms with van der Waals surface area (Å²) in [5.41, 5.74) is 2.25. The van der Waals surface area contributed by atoms with Gasteiger partial charge in [-0.25, -0.2) is 8.42 Å². The second-order valence-corrected chi connectivity index (χ2v) is 8.34. The molecule has 1 atom stereocenters. The highest BCUT2D eigenvalue weighted by Crippen LogP contribution is 2.27. The van der Waals surface area contributed by atoms with Crippen LogP contribution in [0.3, 0.4) is 0 Å². The highest BCUT2D eigenvalue weighted by molar-refractivity contribution is 7.92. The lowest BCUT2D eigenvalue weighted by Crippen LogP contribution is -2.47. The van der Waals surface area contributed by atoms with Crippen molar-refractivity contribution >= 4 is 21.6 Å². The molecule has 0 aliphatic carbocycles. The molecule has 0 saturated heterocycles. The average Bonchev–Trinajstić information content (AvgIpc) is 2.66. The minimum Gasteiger partial charge on any atom is -0.493 e. The molecule has 1 amide bonds. The molecular formula is C20H26N2O5S. The van der Waals surface area contributed by atoms with Gasteiger partial charge in [0.05, 0.1) is 26.2 Å². The van der Waals surface area contributed by atoms with Crippen molar-refractivity contribution in [3.05, 3.63) is 53.6 Å². The standard InChI is InChI=1S/C20H26N2O5S/c1-14-6-9-17(10-7-14)22(28(5,24)25)15(2)20(23)21-13-16-8-11-18(26-3)19(12-16)27-4/h6-12,15H,13H2,1-5H3,(H,21,23)/t15-/m0/s1. The zero-order valence-electron chi connectivity index (χ0n) is 16.7. The number of nitrogens with one attached hydrogen (secondary N) is 1. The van der Waals surface area contributed by atoms with Crippen molar-refractivity contribution in [2.75, 3.05) is 24.8 Å². The first-order valence-corrected chi connectivity index (χ1v) is 10.6. The molecule has 2 aromatic carbocycles. The van der Waals surface area contributed by atoms with Crippen LogP contribution >= 0.6 is 0 Å². The summed E-state index contributed by atoms with van der Waals surface area (Å²) in [5, 5.41) is 2.78. The zero-order valence-corrected chi connectivity index (χ0v) is 17.5. The van der Waals surface area contributed by atoms with Crippen LogP contribution in [0.5, 0.6) is 11.5 Å². The summed E-state index contributed by atoms with van der Waals surface area (Å²) in [6.45, 7) is 3.70. The number of ether oxygens (including phenoxy) is 2. The predicted molar refractivity (Wildman–Crippen MR) is 109 cm³/mol. The molecule has 0 saturated carbocycles. The number of carbonyl (C=O) groups excluding carboxylic acids is 1. The Bertz CT molecular complexity index is 926. The van der Waals surface area contributed by atoms with E-state index in [-0.39, 0.29) is 6.54 Å². The number of anilines is 1. The molecule has 28 heavy (non-hydrogen) atoms. The van der Waals surface area contributed by atoms with Gasteiger partial charge in [0.1, 0.15) is 6.04 Å². The maximum Gasteiger partial charge on any atom is 0.243 e. The minimum atomic E-state index is -3.64. The summed E-state index contributed by atoms with van der Waals surface area (Å²) < 4.78 is 36.2. The van der Waals surface area contributed by atoms with Gasteiger partial charge in [0.2, 0.25) is 15.9 Å². The van der Waals surface area contributed by atoms with Crippen LogP contribution in [0.15, 0.2) is 42.5 Å². The van der Waals surface area contributed by atoms with Crippen molar-refractivity contribution in [2.24, 2.45) is 0 Å². The Kier molecular flexibility index (Phi) is 6.90. The van der Waals surface area contributed by atoms with Crippen LogP contribution in [0.1, 0.15) is 18.1 Å². The highest BCUT2D eigenvalue weighted by Gasteiger charge is 2.28. The molecule has 0 aliphatic rings. The van der Waals surface area contributed by atoms with Crippen molar-refractivity contribution in [3.8, 4) is 11.5 Å². The van der Waals surface area contributed by atoms with E-state index < -0.39 is 22.0 Å². The largest absolute Gasteiger partial charge is 0.493 e. The first-order chi connectivity index (χ1) is 13.2. The van der Waals surface area contributed by atoms with Gasteiger partial charge in [0, 0.05) is 6.54 Å². The molecule has 0 unspecified atom stereocenters. The number of amides is 1. The Morgan fingerprint density at radius 1 is 1.07 bits per heavy atom. The zero-order chi connectivity index (χ0) is 20.9. The molecule has 0 radical (unpaired) electrons. The van der Waals surface area contributed by atoms with Crippen molar-refractivity contribution < 1.29 is 22.7 Å². The number of sulfonamides is 1. The van der Waals surface area contributed by atoms with E-state index in [9.17, 15) is 13.2 Å². The molecule has 1 N–H and O–H groups in total. The van der Waals surface area contributed by atoms with Crippen LogP contribution in [0.4, 0.5) is 5.69 Å². The third-order valence-corrected chi connectivity index (χ3v) is 5.53. The molecular weight excluding hydrogens is 380 g/mol. The van der Waals surface area contributed by atoms with E-state index in [0.29, 0.717) is 17.2 Å². The summed E-state index contributed by atoms with van der Waals surface area (Å²) in [5.74, 6) is 0.745. The van der Waals surface area contributed by atoms with Gasteiger partial charge in [-0.1, -0.05) is 23.8 Å². The van der Waals surface area contributed by atoms with Crippen LogP contribution in [0.25, 0.3) is 0 Å². The van der Waals surface area contributed by atoms with Crippen LogP contribution in [-0.4, -0.2) is 40.8 Å². The Morgan fingerprint density at radius 3 is 2.21 bits per heavy atom. The first kappa shape index (κ1) is 21.6. The second-order valence-electron chi connectivity index (χ2n) is 6.48. The van der Waals surface area contributed by atoms with Gasteiger partial charge in [-0.15, -0.1) is 0 Å². The number of rotatable bonds is 8. The third kappa shape index (κ3) is 5.16. The number of hydrogen-bond acceptors (Lipinski definition) is 5. The molecule has 0 aliphatic heterocycles. The Morgan fingerprint density at radius 2 is 1.68 bits per heavy atom. The lowest BCUT2D eigenvalue weighted by molar-refractivity contribution is -0.122. The third-order valence-electron chi connectivity index (χ3n) is 4.29. The van der Waals surface area contributed by atoms with E-state index >= 15 is 0 Å². The Balaban J connectivity index is 2.16. The van der Waals surface area contributed by atoms with Gasteiger partial charge in [-0.05, 0) is 43.7 Å². The molecule has 0 bridgehead atoms. The maximum absolute atomic E-state index is 12.6. The number of hydrogen-bond donors (Lipinski definition) is 1. The van der Waals surface area contributed by atoms with Crippen molar-refractivity contribution in [1.82, 2.24) is 5.32 Å². The molecule has 2 rings (SSSR count). The number of methoxy groups -OCH3 is 2. The van der Waals surface area contributed by atoms with E-state index in [0.717, 1.165) is 21.7 Å². The lowest BCUT2D eigenvalue weighted by atomic mass is 10.2. The smallest absolute Gasteiger partial charge is 0.243 e. The van der Waals surface area contributed by atoms with Gasteiger partial charge in [0.15, 0.2) is 11.5 Å². The number of nitrogens with zero attached hydrogens (tertiary/aromatic N) is 1. The van der Waals surface area contributed by atoms with E-state index in [1.165, 1.54) is 7.11 Å². The molecule has 0 fully saturated rings. The van der Waals surface area contributed by atoms with Crippen molar-refractivity contribution in [2.45, 2.75) is 26.4 Å². The number of aryl methyl sites for hydroxylation is 1. The quantitative estimate of drug-likeness (QED) is 0.728. The maximum atomic E-state index is 12.6. The monoisotopic (exact) mass is 406 g/mol. The van der Waals surface area contributed by atoms with Crippen molar-refractivity contribution in [1.29, 1.82) is 0 Å². The van der Waals surface area contributed by atoms with Gasteiger partial charge in [-0.2, -0.15) is 0 Å². The van der Waals surface area contributed by atoms with Crippen LogP contribution < -0.4 is 19.1 Å². The molecule has 0 spiro atoms. The molecule has 7 nitrogen and oxygen atoms in total. The van der Waals surface area contributed by atoms with Gasteiger partial charge >= 0.3 is 0 Å². The Labute approximate surface area is 166 Å². The topological polar surface area (TPSA) is 84.9 Å². The minimum absolute atomic E-state index is 0.231. The van der Waals surface area contributed by atoms with Crippen molar-refractivity contribution in [3.63, 3.8) is 0 Å². The number of carbonyl (C=O) groups is 1. The van der Waals surface area contributed by atoms with E-state index in [1.807, 2.05) is 19.1 Å². The van der Waals surface area contributed by atoms with E-state index in [4.69, 9.17) is 9.47 Å². The fourth-order valence-corrected chi connectivity index (χ4v) is 4.00. The summed E-state index contributed by atoms with van der Waals surface area (Å²) in [6, 6.07) is 11.4. The molecule has 0 heterocycles. The fraction of sp³-hybridized carbons (Fsp3) is 0.350. The lowest BCUT2D eigenvalue weighted by Gasteiger charge is -2.28. The average molecular weight is 407 g/mol. The van der Waals surface area contributed by atoms with Crippen LogP contribution in [0.2, 0.25) is 0 Å². The normalized spacial score (nSPS) is 12.2. The fourth-order valence-electron chi connectivity index (χ4n) is 2.83. The second kappa shape index (κ2) is 8.97.